The van der Waals surface area contributed by atoms with Crippen LogP contribution in [0.25, 0.3) is 0 Å². The number of carboxylic acids is 1. The van der Waals surface area contributed by atoms with Gasteiger partial charge in [0, 0.05) is 24.0 Å². The van der Waals surface area contributed by atoms with Gasteiger partial charge in [-0.1, -0.05) is 0 Å². The number of nitrogens with two attached hydrogens (primary N) is 1. The van der Waals surface area contributed by atoms with Crippen molar-refractivity contribution in [2.45, 2.75) is 12.5 Å². The summed E-state index contributed by atoms with van der Waals surface area (Å²) >= 11 is 0. The largest absolute Gasteiger partial charge is 0.481 e. The molecular weight excluding hydrogens is 163 g/mol. The van der Waals surface area contributed by atoms with Crippen LogP contribution in [0.1, 0.15) is 18.0 Å². The van der Waals surface area contributed by atoms with Crippen molar-refractivity contribution in [1.82, 2.24) is 4.98 Å². The normalized spacial score (nSPS) is 12.8. The lowest BCUT2D eigenvalue weighted by atomic mass is 10.1. The smallest absolute Gasteiger partial charge is 0.305 e. The third kappa shape index (κ3) is 1.82. The Morgan fingerprint density at radius 2 is 2.42 bits per heavy atom. The van der Waals surface area contributed by atoms with E-state index in [2.05, 4.69) is 4.98 Å². The molecule has 0 saturated carbocycles. The van der Waals surface area contributed by atoms with E-state index >= 15 is 0 Å². The second-order valence-electron chi connectivity index (χ2n) is 2.46. The Morgan fingerprint density at radius 1 is 1.75 bits per heavy atom. The highest BCUT2D eigenvalue weighted by Crippen LogP contribution is 2.16. The molecule has 4 N–H and O–H groups in total. The van der Waals surface area contributed by atoms with Gasteiger partial charge >= 0.3 is 5.97 Å². The fourth-order valence-corrected chi connectivity index (χ4v) is 0.939. The van der Waals surface area contributed by atoms with E-state index in [1.54, 1.807) is 0 Å². The molecule has 0 aromatic carbocycles. The first-order valence-electron chi connectivity index (χ1n) is 3.41. The van der Waals surface area contributed by atoms with Gasteiger partial charge in [-0.25, -0.2) is 4.39 Å². The molecule has 0 aliphatic heterocycles. The third-order valence-electron chi connectivity index (χ3n) is 1.52. The molecule has 0 spiro atoms. The SMILES string of the molecule is NC(CC(=O)O)c1c[nH]cc1F. The minimum absolute atomic E-state index is 0.206. The molecule has 0 amide bonds. The summed E-state index contributed by atoms with van der Waals surface area (Å²) in [5.74, 6) is -1.54. The van der Waals surface area contributed by atoms with Gasteiger partial charge in [0.25, 0.3) is 0 Å². The molecule has 1 unspecified atom stereocenters. The van der Waals surface area contributed by atoms with E-state index in [4.69, 9.17) is 10.8 Å². The number of nitrogens with one attached hydrogen (secondary N) is 1. The van der Waals surface area contributed by atoms with Crippen LogP contribution in [0.2, 0.25) is 0 Å². The number of hydrogen-bond acceptors (Lipinski definition) is 2. The number of aromatic nitrogens is 1. The van der Waals surface area contributed by atoms with Gasteiger partial charge in [0.05, 0.1) is 6.42 Å². The number of aliphatic carboxylic acids is 1. The predicted molar refractivity (Wildman–Crippen MR) is 39.9 cm³/mol. The molecule has 4 nitrogen and oxygen atoms in total. The fourth-order valence-electron chi connectivity index (χ4n) is 0.939. The molecule has 1 rings (SSSR count). The molecule has 0 aliphatic carbocycles. The summed E-state index contributed by atoms with van der Waals surface area (Å²) < 4.78 is 12.7. The summed E-state index contributed by atoms with van der Waals surface area (Å²) in [5, 5.41) is 8.36. The van der Waals surface area contributed by atoms with Crippen molar-refractivity contribution >= 4 is 5.97 Å². The molecule has 0 radical (unpaired) electrons. The lowest BCUT2D eigenvalue weighted by Crippen LogP contribution is -2.15. The first-order chi connectivity index (χ1) is 5.61. The highest BCUT2D eigenvalue weighted by molar-refractivity contribution is 5.67. The molecule has 5 heteroatoms. The zero-order chi connectivity index (χ0) is 9.14. The van der Waals surface area contributed by atoms with Crippen LogP contribution in [0.5, 0.6) is 0 Å². The van der Waals surface area contributed by atoms with Gasteiger partial charge in [-0.2, -0.15) is 0 Å². The van der Waals surface area contributed by atoms with E-state index in [0.29, 0.717) is 0 Å². The van der Waals surface area contributed by atoms with Crippen LogP contribution < -0.4 is 5.73 Å². The lowest BCUT2D eigenvalue weighted by Gasteiger charge is -2.05. The van der Waals surface area contributed by atoms with Crippen molar-refractivity contribution in [2.24, 2.45) is 5.73 Å². The van der Waals surface area contributed by atoms with Gasteiger partial charge in [0.2, 0.25) is 0 Å². The van der Waals surface area contributed by atoms with Gasteiger partial charge in [-0.05, 0) is 0 Å². The average Bonchev–Trinajstić information content (AvgIpc) is 2.33. The van der Waals surface area contributed by atoms with Crippen molar-refractivity contribution < 1.29 is 14.3 Å². The molecule has 0 aliphatic rings. The van der Waals surface area contributed by atoms with Gasteiger partial charge in [0.15, 0.2) is 0 Å². The summed E-state index contributed by atoms with van der Waals surface area (Å²) in [6.07, 6.45) is 2.23. The van der Waals surface area contributed by atoms with Gasteiger partial charge < -0.3 is 15.8 Å². The van der Waals surface area contributed by atoms with E-state index in [1.165, 1.54) is 6.20 Å². The summed E-state index contributed by atoms with van der Waals surface area (Å²) in [6.45, 7) is 0. The van der Waals surface area contributed by atoms with Crippen LogP contribution in [0.4, 0.5) is 4.39 Å². The Hall–Kier alpha value is -1.36. The minimum Gasteiger partial charge on any atom is -0.481 e. The number of carboxylic acid groups (broad SMARTS) is 1. The second kappa shape index (κ2) is 3.36. The molecular formula is C7H9FN2O2. The van der Waals surface area contributed by atoms with E-state index in [0.717, 1.165) is 6.20 Å². The van der Waals surface area contributed by atoms with Crippen LogP contribution in [-0.4, -0.2) is 16.1 Å². The summed E-state index contributed by atoms with van der Waals surface area (Å²) in [4.78, 5) is 12.7. The Kier molecular flexibility index (Phi) is 2.44. The van der Waals surface area contributed by atoms with Gasteiger partial charge in [-0.15, -0.1) is 0 Å². The average molecular weight is 172 g/mol. The zero-order valence-corrected chi connectivity index (χ0v) is 6.25. The third-order valence-corrected chi connectivity index (χ3v) is 1.52. The van der Waals surface area contributed by atoms with Gasteiger partial charge in [0.1, 0.15) is 5.82 Å². The number of carbonyl (C=O) groups is 1. The molecule has 1 heterocycles. The van der Waals surface area contributed by atoms with E-state index in [-0.39, 0.29) is 12.0 Å². The molecule has 12 heavy (non-hydrogen) atoms. The Labute approximate surface area is 68.2 Å². The summed E-state index contributed by atoms with van der Waals surface area (Å²) in [7, 11) is 0. The molecule has 1 atom stereocenters. The maximum Gasteiger partial charge on any atom is 0.305 e. The monoisotopic (exact) mass is 172 g/mol. The summed E-state index contributed by atoms with van der Waals surface area (Å²) in [5.41, 5.74) is 5.61. The highest BCUT2D eigenvalue weighted by Gasteiger charge is 2.14. The molecule has 0 saturated heterocycles. The predicted octanol–water partition coefficient (Wildman–Crippen LogP) is 0.628. The van der Waals surface area contributed by atoms with Crippen molar-refractivity contribution in [1.29, 1.82) is 0 Å². The van der Waals surface area contributed by atoms with Crippen LogP contribution >= 0.6 is 0 Å². The molecule has 0 bridgehead atoms. The molecule has 1 aromatic heterocycles. The summed E-state index contributed by atoms with van der Waals surface area (Å²) in [6, 6.07) is -0.784. The second-order valence-corrected chi connectivity index (χ2v) is 2.46. The number of halogens is 1. The number of H-pyrrole nitrogens is 1. The first kappa shape index (κ1) is 8.73. The van der Waals surface area contributed by atoms with Crippen LogP contribution in [0.15, 0.2) is 12.4 Å². The fraction of sp³-hybridized carbons (Fsp3) is 0.286. The topological polar surface area (TPSA) is 79.1 Å². The quantitative estimate of drug-likeness (QED) is 0.625. The maximum absolute atomic E-state index is 12.7. The van der Waals surface area contributed by atoms with Gasteiger partial charge in [-0.3, -0.25) is 4.79 Å². The Bertz CT molecular complexity index is 285. The maximum atomic E-state index is 12.7. The number of rotatable bonds is 3. The van der Waals surface area contributed by atoms with Crippen molar-refractivity contribution in [3.63, 3.8) is 0 Å². The number of aromatic amines is 1. The number of hydrogen-bond donors (Lipinski definition) is 3. The first-order valence-corrected chi connectivity index (χ1v) is 3.41. The highest BCUT2D eigenvalue weighted by atomic mass is 19.1. The van der Waals surface area contributed by atoms with E-state index < -0.39 is 17.8 Å². The molecule has 1 aromatic rings. The van der Waals surface area contributed by atoms with Crippen molar-refractivity contribution in [3.05, 3.63) is 23.8 Å². The molecule has 0 fully saturated rings. The minimum atomic E-state index is -1.04. The van der Waals surface area contributed by atoms with Crippen LogP contribution in [0.3, 0.4) is 0 Å². The van der Waals surface area contributed by atoms with Crippen molar-refractivity contribution in [3.8, 4) is 0 Å². The zero-order valence-electron chi connectivity index (χ0n) is 6.25. The lowest BCUT2D eigenvalue weighted by molar-refractivity contribution is -0.137. The van der Waals surface area contributed by atoms with Crippen molar-refractivity contribution in [2.75, 3.05) is 0 Å². The standard InChI is InChI=1S/C7H9FN2O2/c8-5-3-10-2-4(5)6(9)1-7(11)12/h2-3,6,10H,1,9H2,(H,11,12). The Morgan fingerprint density at radius 3 is 2.83 bits per heavy atom. The Balaban J connectivity index is 2.71. The van der Waals surface area contributed by atoms with E-state index in [1.807, 2.05) is 0 Å². The van der Waals surface area contributed by atoms with E-state index in [9.17, 15) is 9.18 Å². The van der Waals surface area contributed by atoms with Crippen LogP contribution in [-0.2, 0) is 4.79 Å². The van der Waals surface area contributed by atoms with Crippen LogP contribution in [0, 0.1) is 5.82 Å². The molecule has 66 valence electrons.